The molecule has 7 heteroatoms. The molecule has 0 fully saturated rings. The molecule has 0 aliphatic carbocycles. The number of amides is 1. The summed E-state index contributed by atoms with van der Waals surface area (Å²) in [5.74, 6) is -0.685. The second-order valence-electron chi connectivity index (χ2n) is 5.44. The van der Waals surface area contributed by atoms with Gasteiger partial charge in [-0.3, -0.25) is 4.79 Å². The SMILES string of the molecule is COC(=O)c1ccc(NC(=O)c2sc(-c3ccccc3Cl)nc2C)cc1. The Balaban J connectivity index is 1.80. The lowest BCUT2D eigenvalue weighted by Gasteiger charge is -2.05. The van der Waals surface area contributed by atoms with Gasteiger partial charge in [0.15, 0.2) is 0 Å². The Morgan fingerprint density at radius 1 is 1.12 bits per heavy atom. The number of rotatable bonds is 4. The number of hydrogen-bond donors (Lipinski definition) is 1. The van der Waals surface area contributed by atoms with Crippen LogP contribution in [0.2, 0.25) is 5.02 Å². The number of nitrogens with zero attached hydrogens (tertiary/aromatic N) is 1. The minimum atomic E-state index is -0.425. The zero-order chi connectivity index (χ0) is 18.7. The van der Waals surface area contributed by atoms with Gasteiger partial charge in [-0.1, -0.05) is 29.8 Å². The fraction of sp³-hybridized carbons (Fsp3) is 0.105. The fourth-order valence-electron chi connectivity index (χ4n) is 2.35. The maximum absolute atomic E-state index is 12.6. The first-order chi connectivity index (χ1) is 12.5. The monoisotopic (exact) mass is 386 g/mol. The maximum atomic E-state index is 12.6. The van der Waals surface area contributed by atoms with Crippen LogP contribution in [0.4, 0.5) is 5.69 Å². The smallest absolute Gasteiger partial charge is 0.337 e. The maximum Gasteiger partial charge on any atom is 0.337 e. The highest BCUT2D eigenvalue weighted by Crippen LogP contribution is 2.33. The summed E-state index contributed by atoms with van der Waals surface area (Å²) in [5, 5.41) is 4.09. The van der Waals surface area contributed by atoms with E-state index < -0.39 is 5.97 Å². The van der Waals surface area contributed by atoms with Crippen LogP contribution < -0.4 is 5.32 Å². The second kappa shape index (κ2) is 7.68. The molecule has 26 heavy (non-hydrogen) atoms. The van der Waals surface area contributed by atoms with Crippen molar-refractivity contribution in [2.75, 3.05) is 12.4 Å². The van der Waals surface area contributed by atoms with E-state index in [4.69, 9.17) is 11.6 Å². The minimum absolute atomic E-state index is 0.260. The average molecular weight is 387 g/mol. The zero-order valence-electron chi connectivity index (χ0n) is 14.1. The van der Waals surface area contributed by atoms with E-state index in [9.17, 15) is 9.59 Å². The molecule has 1 aromatic heterocycles. The lowest BCUT2D eigenvalue weighted by atomic mass is 10.2. The highest BCUT2D eigenvalue weighted by atomic mass is 35.5. The molecule has 0 aliphatic heterocycles. The summed E-state index contributed by atoms with van der Waals surface area (Å²) in [6, 6.07) is 13.9. The van der Waals surface area contributed by atoms with Gasteiger partial charge in [-0.15, -0.1) is 11.3 Å². The molecule has 1 heterocycles. The Morgan fingerprint density at radius 3 is 2.46 bits per heavy atom. The number of anilines is 1. The number of carbonyl (C=O) groups is 2. The average Bonchev–Trinajstić information content (AvgIpc) is 3.03. The van der Waals surface area contributed by atoms with E-state index in [1.165, 1.54) is 18.4 Å². The quantitative estimate of drug-likeness (QED) is 0.653. The van der Waals surface area contributed by atoms with Crippen LogP contribution in [0.3, 0.4) is 0 Å². The van der Waals surface area contributed by atoms with Crippen molar-refractivity contribution in [3.63, 3.8) is 0 Å². The van der Waals surface area contributed by atoms with Gasteiger partial charge in [-0.2, -0.15) is 0 Å². The van der Waals surface area contributed by atoms with Gasteiger partial charge < -0.3 is 10.1 Å². The van der Waals surface area contributed by atoms with Crippen molar-refractivity contribution in [1.29, 1.82) is 0 Å². The molecule has 0 saturated heterocycles. The summed E-state index contributed by atoms with van der Waals surface area (Å²) >= 11 is 7.49. The number of aromatic nitrogens is 1. The highest BCUT2D eigenvalue weighted by Gasteiger charge is 2.17. The van der Waals surface area contributed by atoms with Gasteiger partial charge in [0, 0.05) is 11.3 Å². The lowest BCUT2D eigenvalue weighted by Crippen LogP contribution is -2.11. The number of esters is 1. The molecular weight excluding hydrogens is 372 g/mol. The molecule has 1 amide bonds. The standard InChI is InChI=1S/C19H15ClN2O3S/c1-11-16(26-18(21-11)14-5-3-4-6-15(14)20)17(23)22-13-9-7-12(8-10-13)19(24)25-2/h3-10H,1-2H3,(H,22,23). The molecule has 0 saturated carbocycles. The normalized spacial score (nSPS) is 10.4. The molecule has 0 unspecified atom stereocenters. The van der Waals surface area contributed by atoms with Crippen molar-refractivity contribution in [3.05, 3.63) is 69.7 Å². The summed E-state index contributed by atoms with van der Waals surface area (Å²) in [7, 11) is 1.32. The van der Waals surface area contributed by atoms with Crippen LogP contribution >= 0.6 is 22.9 Å². The molecular formula is C19H15ClN2O3S. The van der Waals surface area contributed by atoms with Gasteiger partial charge in [-0.25, -0.2) is 9.78 Å². The van der Waals surface area contributed by atoms with Crippen LogP contribution in [0.25, 0.3) is 10.6 Å². The van der Waals surface area contributed by atoms with Gasteiger partial charge in [0.05, 0.1) is 23.4 Å². The first-order valence-corrected chi connectivity index (χ1v) is 8.91. The third-order valence-electron chi connectivity index (χ3n) is 3.67. The predicted octanol–water partition coefficient (Wildman–Crippen LogP) is 4.81. The van der Waals surface area contributed by atoms with E-state index in [1.807, 2.05) is 18.2 Å². The predicted molar refractivity (Wildman–Crippen MR) is 103 cm³/mol. The third-order valence-corrected chi connectivity index (χ3v) is 5.19. The molecule has 2 aromatic carbocycles. The molecule has 0 bridgehead atoms. The van der Waals surface area contributed by atoms with Gasteiger partial charge in [0.1, 0.15) is 9.88 Å². The molecule has 1 N–H and O–H groups in total. The number of ether oxygens (including phenoxy) is 1. The first-order valence-electron chi connectivity index (χ1n) is 7.71. The van der Waals surface area contributed by atoms with Crippen molar-refractivity contribution >= 4 is 40.5 Å². The summed E-state index contributed by atoms with van der Waals surface area (Å²) in [6.45, 7) is 1.78. The van der Waals surface area contributed by atoms with Crippen molar-refractivity contribution in [3.8, 4) is 10.6 Å². The van der Waals surface area contributed by atoms with Crippen LogP contribution in [0.1, 0.15) is 25.7 Å². The number of aryl methyl sites for hydroxylation is 1. The van der Waals surface area contributed by atoms with Crippen molar-refractivity contribution < 1.29 is 14.3 Å². The summed E-state index contributed by atoms with van der Waals surface area (Å²) < 4.78 is 4.65. The third kappa shape index (κ3) is 3.76. The summed E-state index contributed by atoms with van der Waals surface area (Å²) in [5.41, 5.74) is 2.42. The fourth-order valence-corrected chi connectivity index (χ4v) is 3.63. The molecule has 0 spiro atoms. The Morgan fingerprint density at radius 2 is 1.81 bits per heavy atom. The van der Waals surface area contributed by atoms with Crippen molar-refractivity contribution in [1.82, 2.24) is 4.98 Å². The Hall–Kier alpha value is -2.70. The highest BCUT2D eigenvalue weighted by molar-refractivity contribution is 7.17. The molecule has 0 aliphatic rings. The largest absolute Gasteiger partial charge is 0.465 e. The molecule has 132 valence electrons. The van der Waals surface area contributed by atoms with E-state index in [-0.39, 0.29) is 5.91 Å². The first kappa shape index (κ1) is 18.1. The van der Waals surface area contributed by atoms with Crippen molar-refractivity contribution in [2.45, 2.75) is 6.92 Å². The zero-order valence-corrected chi connectivity index (χ0v) is 15.6. The van der Waals surface area contributed by atoms with Crippen LogP contribution in [-0.2, 0) is 4.74 Å². The topological polar surface area (TPSA) is 68.3 Å². The number of nitrogens with one attached hydrogen (secondary N) is 1. The van der Waals surface area contributed by atoms with Gasteiger partial charge in [-0.05, 0) is 37.3 Å². The molecule has 3 aromatic rings. The number of benzene rings is 2. The number of hydrogen-bond acceptors (Lipinski definition) is 5. The minimum Gasteiger partial charge on any atom is -0.465 e. The number of carbonyl (C=O) groups excluding carboxylic acids is 2. The molecule has 0 atom stereocenters. The lowest BCUT2D eigenvalue weighted by molar-refractivity contribution is 0.0600. The van der Waals surface area contributed by atoms with Crippen LogP contribution in [-0.4, -0.2) is 24.0 Å². The van der Waals surface area contributed by atoms with E-state index in [2.05, 4.69) is 15.0 Å². The van der Waals surface area contributed by atoms with E-state index in [1.54, 1.807) is 37.3 Å². The molecule has 0 radical (unpaired) electrons. The van der Waals surface area contributed by atoms with Crippen LogP contribution in [0.15, 0.2) is 48.5 Å². The second-order valence-corrected chi connectivity index (χ2v) is 6.84. The van der Waals surface area contributed by atoms with E-state index in [0.29, 0.717) is 31.9 Å². The van der Waals surface area contributed by atoms with Crippen molar-refractivity contribution in [2.24, 2.45) is 0 Å². The summed E-state index contributed by atoms with van der Waals surface area (Å²) in [6.07, 6.45) is 0. The number of thiazole rings is 1. The molecule has 3 rings (SSSR count). The number of halogens is 1. The number of methoxy groups -OCH3 is 1. The van der Waals surface area contributed by atoms with Crippen LogP contribution in [0, 0.1) is 6.92 Å². The van der Waals surface area contributed by atoms with Gasteiger partial charge in [0.2, 0.25) is 0 Å². The Bertz CT molecular complexity index is 967. The summed E-state index contributed by atoms with van der Waals surface area (Å²) in [4.78, 5) is 29.0. The van der Waals surface area contributed by atoms with E-state index >= 15 is 0 Å². The Kier molecular flexibility index (Phi) is 5.35. The Labute approximate surface area is 159 Å². The van der Waals surface area contributed by atoms with Gasteiger partial charge >= 0.3 is 5.97 Å². The van der Waals surface area contributed by atoms with Crippen LogP contribution in [0.5, 0.6) is 0 Å². The molecule has 5 nitrogen and oxygen atoms in total. The van der Waals surface area contributed by atoms with Gasteiger partial charge in [0.25, 0.3) is 5.91 Å². The van der Waals surface area contributed by atoms with E-state index in [0.717, 1.165) is 5.56 Å².